The van der Waals surface area contributed by atoms with E-state index in [2.05, 4.69) is 5.32 Å². The van der Waals surface area contributed by atoms with Crippen molar-refractivity contribution >= 4 is 40.2 Å². The molecule has 1 aromatic carbocycles. The summed E-state index contributed by atoms with van der Waals surface area (Å²) < 4.78 is 17.7. The van der Waals surface area contributed by atoms with Crippen molar-refractivity contribution < 1.29 is 23.5 Å². The molecule has 1 aliphatic rings. The number of benzene rings is 1. The number of carbonyl (C=O) groups is 3. The topological polar surface area (TPSA) is 98.5 Å². The van der Waals surface area contributed by atoms with Crippen LogP contribution in [0.4, 0.5) is 9.39 Å². The Balaban J connectivity index is 1.55. The summed E-state index contributed by atoms with van der Waals surface area (Å²) in [5.74, 6) is -2.22. The maximum Gasteiger partial charge on any atom is 0.331 e. The summed E-state index contributed by atoms with van der Waals surface area (Å²) in [6.07, 6.45) is 5.19. The van der Waals surface area contributed by atoms with Crippen LogP contribution in [0.3, 0.4) is 0 Å². The van der Waals surface area contributed by atoms with E-state index in [1.165, 1.54) is 41.7 Å². The van der Waals surface area contributed by atoms with Gasteiger partial charge in [0.15, 0.2) is 6.61 Å². The average Bonchev–Trinajstić information content (AvgIpc) is 3.19. The van der Waals surface area contributed by atoms with Gasteiger partial charge in [-0.1, -0.05) is 12.1 Å². The summed E-state index contributed by atoms with van der Waals surface area (Å²) in [7, 11) is 0. The van der Waals surface area contributed by atoms with Crippen LogP contribution in [-0.2, 0) is 27.2 Å². The molecule has 1 aliphatic carbocycles. The number of aryl methyl sites for hydroxylation is 1. The van der Waals surface area contributed by atoms with Crippen molar-refractivity contribution in [2.75, 3.05) is 11.9 Å². The van der Waals surface area contributed by atoms with Gasteiger partial charge in [-0.15, -0.1) is 11.3 Å². The van der Waals surface area contributed by atoms with Gasteiger partial charge >= 0.3 is 5.97 Å². The second kappa shape index (κ2) is 8.13. The minimum Gasteiger partial charge on any atom is -0.452 e. The molecule has 0 atom stereocenters. The number of amides is 2. The molecule has 3 rings (SSSR count). The van der Waals surface area contributed by atoms with Crippen LogP contribution < -0.4 is 11.1 Å². The van der Waals surface area contributed by atoms with E-state index in [1.807, 2.05) is 0 Å². The number of halogens is 1. The summed E-state index contributed by atoms with van der Waals surface area (Å²) in [5.41, 5.74) is 7.31. The van der Waals surface area contributed by atoms with Gasteiger partial charge in [-0.3, -0.25) is 9.59 Å². The van der Waals surface area contributed by atoms with Gasteiger partial charge in [0, 0.05) is 11.0 Å². The Morgan fingerprint density at radius 2 is 1.96 bits per heavy atom. The molecule has 2 aromatic rings. The summed E-state index contributed by atoms with van der Waals surface area (Å²) in [6.45, 7) is -0.493. The van der Waals surface area contributed by atoms with Crippen LogP contribution in [0.15, 0.2) is 30.3 Å². The van der Waals surface area contributed by atoms with E-state index in [4.69, 9.17) is 10.5 Å². The van der Waals surface area contributed by atoms with Gasteiger partial charge in [0.05, 0.1) is 5.56 Å². The molecule has 0 unspecified atom stereocenters. The molecule has 1 aromatic heterocycles. The Morgan fingerprint density at radius 1 is 1.22 bits per heavy atom. The number of esters is 1. The highest BCUT2D eigenvalue weighted by Gasteiger charge is 2.26. The van der Waals surface area contributed by atoms with Crippen molar-refractivity contribution in [3.63, 3.8) is 0 Å². The zero-order valence-electron chi connectivity index (χ0n) is 14.3. The normalized spacial score (nSPS) is 12.8. The molecule has 3 N–H and O–H groups in total. The van der Waals surface area contributed by atoms with E-state index >= 15 is 0 Å². The lowest BCUT2D eigenvalue weighted by Crippen LogP contribution is -2.22. The number of hydrogen-bond donors (Lipinski definition) is 2. The summed E-state index contributed by atoms with van der Waals surface area (Å²) in [6, 6.07) is 5.56. The van der Waals surface area contributed by atoms with Crippen molar-refractivity contribution in [1.82, 2.24) is 0 Å². The Bertz CT molecular complexity index is 919. The number of ether oxygens (including phenoxy) is 1. The highest BCUT2D eigenvalue weighted by molar-refractivity contribution is 7.17. The first-order chi connectivity index (χ1) is 12.9. The van der Waals surface area contributed by atoms with Gasteiger partial charge in [-0.2, -0.15) is 0 Å². The van der Waals surface area contributed by atoms with Crippen molar-refractivity contribution in [3.05, 3.63) is 57.7 Å². The molecule has 1 heterocycles. The van der Waals surface area contributed by atoms with Crippen LogP contribution in [-0.4, -0.2) is 24.4 Å². The molecule has 8 heteroatoms. The van der Waals surface area contributed by atoms with Gasteiger partial charge in [-0.05, 0) is 48.6 Å². The van der Waals surface area contributed by atoms with E-state index < -0.39 is 24.4 Å². The van der Waals surface area contributed by atoms with Gasteiger partial charge < -0.3 is 15.8 Å². The van der Waals surface area contributed by atoms with Crippen molar-refractivity contribution in [2.24, 2.45) is 5.73 Å². The lowest BCUT2D eigenvalue weighted by molar-refractivity contribution is -0.142. The first-order valence-corrected chi connectivity index (χ1v) is 9.10. The van der Waals surface area contributed by atoms with Crippen molar-refractivity contribution in [2.45, 2.75) is 19.3 Å². The van der Waals surface area contributed by atoms with Crippen molar-refractivity contribution in [1.29, 1.82) is 0 Å². The smallest absolute Gasteiger partial charge is 0.331 e. The molecule has 6 nitrogen and oxygen atoms in total. The third-order valence-electron chi connectivity index (χ3n) is 4.05. The number of hydrogen-bond acceptors (Lipinski definition) is 5. The molecule has 0 saturated carbocycles. The van der Waals surface area contributed by atoms with E-state index in [1.54, 1.807) is 0 Å². The predicted molar refractivity (Wildman–Crippen MR) is 99.9 cm³/mol. The maximum absolute atomic E-state index is 12.8. The van der Waals surface area contributed by atoms with Crippen LogP contribution in [0.25, 0.3) is 6.08 Å². The van der Waals surface area contributed by atoms with Gasteiger partial charge in [0.1, 0.15) is 10.8 Å². The molecule has 0 saturated heterocycles. The van der Waals surface area contributed by atoms with Gasteiger partial charge in [0.25, 0.3) is 11.8 Å². The molecule has 140 valence electrons. The number of fused-ring (bicyclic) bond motifs is 1. The van der Waals surface area contributed by atoms with E-state index in [9.17, 15) is 18.8 Å². The third-order valence-corrected chi connectivity index (χ3v) is 5.26. The minimum absolute atomic E-state index is 0.350. The maximum atomic E-state index is 12.8. The van der Waals surface area contributed by atoms with Crippen LogP contribution >= 0.6 is 11.3 Å². The standard InChI is InChI=1S/C19H17FN2O4S/c20-12-7-4-11(5-8-12)6-9-16(24)26-10-15(23)22-19-17(18(21)25)13-2-1-3-14(13)27-19/h4-9H,1-3,10H2,(H2,21,25)(H,22,23)/b9-6+. The van der Waals surface area contributed by atoms with Crippen LogP contribution in [0, 0.1) is 5.82 Å². The molecule has 0 bridgehead atoms. The second-order valence-electron chi connectivity index (χ2n) is 5.97. The molecular formula is C19H17FN2O4S. The van der Waals surface area contributed by atoms with Crippen LogP contribution in [0.1, 0.15) is 32.8 Å². The molecule has 0 aliphatic heterocycles. The fourth-order valence-corrected chi connectivity index (χ4v) is 4.15. The molecule has 27 heavy (non-hydrogen) atoms. The Morgan fingerprint density at radius 3 is 2.67 bits per heavy atom. The number of nitrogens with two attached hydrogens (primary N) is 1. The quantitative estimate of drug-likeness (QED) is 0.587. The van der Waals surface area contributed by atoms with E-state index in [0.717, 1.165) is 35.8 Å². The molecule has 2 amide bonds. The number of nitrogens with one attached hydrogen (secondary N) is 1. The summed E-state index contributed by atoms with van der Waals surface area (Å²) >= 11 is 1.33. The first kappa shape index (κ1) is 18.8. The lowest BCUT2D eigenvalue weighted by atomic mass is 10.1. The molecular weight excluding hydrogens is 371 g/mol. The zero-order chi connectivity index (χ0) is 19.4. The number of thiophene rings is 1. The Labute approximate surface area is 158 Å². The number of anilines is 1. The van der Waals surface area contributed by atoms with Gasteiger partial charge in [0.2, 0.25) is 0 Å². The Hall–Kier alpha value is -3.00. The fourth-order valence-electron chi connectivity index (χ4n) is 2.84. The van der Waals surface area contributed by atoms with E-state index in [0.29, 0.717) is 16.1 Å². The summed E-state index contributed by atoms with van der Waals surface area (Å²) in [4.78, 5) is 36.5. The lowest BCUT2D eigenvalue weighted by Gasteiger charge is -2.06. The summed E-state index contributed by atoms with van der Waals surface area (Å²) in [5, 5.41) is 2.99. The predicted octanol–water partition coefficient (Wildman–Crippen LogP) is 2.67. The highest BCUT2D eigenvalue weighted by atomic mass is 32.1. The molecule has 0 fully saturated rings. The second-order valence-corrected chi connectivity index (χ2v) is 7.07. The Kier molecular flexibility index (Phi) is 5.66. The minimum atomic E-state index is -0.710. The highest BCUT2D eigenvalue weighted by Crippen LogP contribution is 2.38. The number of primary amides is 1. The fraction of sp³-hybridized carbons (Fsp3) is 0.211. The largest absolute Gasteiger partial charge is 0.452 e. The molecule has 0 spiro atoms. The monoisotopic (exact) mass is 388 g/mol. The first-order valence-electron chi connectivity index (χ1n) is 8.28. The molecule has 0 radical (unpaired) electrons. The van der Waals surface area contributed by atoms with Crippen molar-refractivity contribution in [3.8, 4) is 0 Å². The number of rotatable bonds is 6. The van der Waals surface area contributed by atoms with Crippen LogP contribution in [0.2, 0.25) is 0 Å². The van der Waals surface area contributed by atoms with Crippen LogP contribution in [0.5, 0.6) is 0 Å². The average molecular weight is 388 g/mol. The third kappa shape index (κ3) is 4.59. The van der Waals surface area contributed by atoms with E-state index in [-0.39, 0.29) is 5.82 Å². The zero-order valence-corrected chi connectivity index (χ0v) is 15.1. The van der Waals surface area contributed by atoms with Gasteiger partial charge in [-0.25, -0.2) is 9.18 Å². The SMILES string of the molecule is NC(=O)c1c(NC(=O)COC(=O)/C=C/c2ccc(F)cc2)sc2c1CCC2. The number of carbonyl (C=O) groups excluding carboxylic acids is 3.